The van der Waals surface area contributed by atoms with E-state index in [2.05, 4.69) is 31.5 Å². The molecule has 1 rings (SSSR count). The fourth-order valence-corrected chi connectivity index (χ4v) is 1.85. The number of benzene rings is 1. The predicted octanol–water partition coefficient (Wildman–Crippen LogP) is 2.79. The Morgan fingerprint density at radius 3 is 2.80 bits per heavy atom. The molecule has 84 valence electrons. The van der Waals surface area contributed by atoms with Crippen molar-refractivity contribution in [2.75, 3.05) is 19.3 Å². The van der Waals surface area contributed by atoms with E-state index in [1.807, 2.05) is 18.2 Å². The molecule has 0 saturated heterocycles. The second-order valence-corrected chi connectivity index (χ2v) is 4.24. The van der Waals surface area contributed by atoms with Crippen molar-refractivity contribution in [3.63, 3.8) is 0 Å². The Labute approximate surface area is 96.4 Å². The molecule has 0 aliphatic rings. The van der Waals surface area contributed by atoms with Crippen LogP contribution in [0.5, 0.6) is 5.75 Å². The molecule has 0 amide bonds. The summed E-state index contributed by atoms with van der Waals surface area (Å²) in [6.07, 6.45) is 2.27. The van der Waals surface area contributed by atoms with E-state index in [0.29, 0.717) is 0 Å². The van der Waals surface area contributed by atoms with Gasteiger partial charge < -0.3 is 10.1 Å². The number of thioether (sulfide) groups is 1. The molecule has 0 fully saturated rings. The van der Waals surface area contributed by atoms with Gasteiger partial charge in [-0.2, -0.15) is 0 Å². The van der Waals surface area contributed by atoms with Crippen molar-refractivity contribution >= 4 is 11.8 Å². The zero-order chi connectivity index (χ0) is 11.1. The molecule has 0 aromatic heterocycles. The molecule has 3 heteroatoms. The fraction of sp³-hybridized carbons (Fsp3) is 0.500. The standard InChI is InChI=1S/C12H19NOS/c1-4-13-9-10(2)14-11-7-5-6-8-12(11)15-3/h5-8,10,13H,4,9H2,1-3H3. The van der Waals surface area contributed by atoms with Gasteiger partial charge in [-0.05, 0) is 31.9 Å². The molecule has 0 aliphatic carbocycles. The maximum Gasteiger partial charge on any atom is 0.133 e. The molecule has 0 bridgehead atoms. The van der Waals surface area contributed by atoms with Crippen LogP contribution in [0.2, 0.25) is 0 Å². The van der Waals surface area contributed by atoms with E-state index in [0.717, 1.165) is 18.8 Å². The van der Waals surface area contributed by atoms with Gasteiger partial charge >= 0.3 is 0 Å². The molecule has 0 aliphatic heterocycles. The number of nitrogens with one attached hydrogen (secondary N) is 1. The van der Waals surface area contributed by atoms with E-state index in [1.165, 1.54) is 4.90 Å². The van der Waals surface area contributed by atoms with Crippen LogP contribution in [0, 0.1) is 0 Å². The van der Waals surface area contributed by atoms with E-state index in [1.54, 1.807) is 11.8 Å². The molecule has 15 heavy (non-hydrogen) atoms. The Balaban J connectivity index is 2.55. The lowest BCUT2D eigenvalue weighted by Crippen LogP contribution is -2.28. The number of para-hydroxylation sites is 1. The van der Waals surface area contributed by atoms with E-state index < -0.39 is 0 Å². The van der Waals surface area contributed by atoms with Gasteiger partial charge in [-0.1, -0.05) is 19.1 Å². The third-order valence-electron chi connectivity index (χ3n) is 2.08. The summed E-state index contributed by atoms with van der Waals surface area (Å²) in [7, 11) is 0. The summed E-state index contributed by atoms with van der Waals surface area (Å²) >= 11 is 1.72. The van der Waals surface area contributed by atoms with Gasteiger partial charge in [0.25, 0.3) is 0 Å². The average molecular weight is 225 g/mol. The van der Waals surface area contributed by atoms with Gasteiger partial charge in [-0.3, -0.25) is 0 Å². The first-order valence-corrected chi connectivity index (χ1v) is 6.50. The maximum atomic E-state index is 5.86. The third kappa shape index (κ3) is 4.14. The van der Waals surface area contributed by atoms with E-state index in [4.69, 9.17) is 4.74 Å². The first-order chi connectivity index (χ1) is 7.27. The predicted molar refractivity (Wildman–Crippen MR) is 66.9 cm³/mol. The summed E-state index contributed by atoms with van der Waals surface area (Å²) in [5.74, 6) is 0.982. The van der Waals surface area contributed by atoms with Crippen molar-refractivity contribution in [1.29, 1.82) is 0 Å². The second kappa shape index (κ2) is 6.75. The topological polar surface area (TPSA) is 21.3 Å². The maximum absolute atomic E-state index is 5.86. The molecule has 0 radical (unpaired) electrons. The minimum absolute atomic E-state index is 0.207. The Morgan fingerprint density at radius 1 is 1.40 bits per heavy atom. The summed E-state index contributed by atoms with van der Waals surface area (Å²) in [5.41, 5.74) is 0. The van der Waals surface area contributed by atoms with Crippen LogP contribution in [0.15, 0.2) is 29.2 Å². The first kappa shape index (κ1) is 12.4. The van der Waals surface area contributed by atoms with Crippen LogP contribution in [0.1, 0.15) is 13.8 Å². The van der Waals surface area contributed by atoms with Crippen LogP contribution in [0.4, 0.5) is 0 Å². The highest BCUT2D eigenvalue weighted by Crippen LogP contribution is 2.27. The second-order valence-electron chi connectivity index (χ2n) is 3.39. The molecule has 0 saturated carbocycles. The highest BCUT2D eigenvalue weighted by molar-refractivity contribution is 7.98. The van der Waals surface area contributed by atoms with Crippen LogP contribution in [-0.4, -0.2) is 25.4 Å². The van der Waals surface area contributed by atoms with Gasteiger partial charge in [0, 0.05) is 11.4 Å². The first-order valence-electron chi connectivity index (χ1n) is 5.28. The number of ether oxygens (including phenoxy) is 1. The van der Waals surface area contributed by atoms with Crippen molar-refractivity contribution in [3.8, 4) is 5.75 Å². The lowest BCUT2D eigenvalue weighted by molar-refractivity contribution is 0.213. The lowest BCUT2D eigenvalue weighted by Gasteiger charge is -2.16. The van der Waals surface area contributed by atoms with Crippen LogP contribution in [0.25, 0.3) is 0 Å². The summed E-state index contributed by atoms with van der Waals surface area (Å²) in [6.45, 7) is 6.05. The zero-order valence-electron chi connectivity index (χ0n) is 9.62. The third-order valence-corrected chi connectivity index (χ3v) is 2.86. The van der Waals surface area contributed by atoms with Crippen LogP contribution < -0.4 is 10.1 Å². The van der Waals surface area contributed by atoms with E-state index in [9.17, 15) is 0 Å². The van der Waals surface area contributed by atoms with Crippen LogP contribution in [-0.2, 0) is 0 Å². The van der Waals surface area contributed by atoms with Crippen LogP contribution in [0.3, 0.4) is 0 Å². The SMILES string of the molecule is CCNCC(C)Oc1ccccc1SC. The molecule has 1 aromatic carbocycles. The smallest absolute Gasteiger partial charge is 0.133 e. The molecule has 2 nitrogen and oxygen atoms in total. The molecule has 1 N–H and O–H groups in total. The van der Waals surface area contributed by atoms with Crippen LogP contribution >= 0.6 is 11.8 Å². The Bertz CT molecular complexity index is 291. The normalized spacial score (nSPS) is 12.5. The van der Waals surface area contributed by atoms with Gasteiger partial charge in [-0.15, -0.1) is 11.8 Å². The minimum Gasteiger partial charge on any atom is -0.488 e. The largest absolute Gasteiger partial charge is 0.488 e. The number of hydrogen-bond acceptors (Lipinski definition) is 3. The van der Waals surface area contributed by atoms with E-state index >= 15 is 0 Å². The molecular formula is C12H19NOS. The minimum atomic E-state index is 0.207. The Kier molecular flexibility index (Phi) is 5.58. The molecule has 0 spiro atoms. The highest BCUT2D eigenvalue weighted by atomic mass is 32.2. The van der Waals surface area contributed by atoms with Gasteiger partial charge in [0.15, 0.2) is 0 Å². The molecular weight excluding hydrogens is 206 g/mol. The summed E-state index contributed by atoms with van der Waals surface area (Å²) in [6, 6.07) is 8.15. The van der Waals surface area contributed by atoms with Crippen molar-refractivity contribution in [1.82, 2.24) is 5.32 Å². The zero-order valence-corrected chi connectivity index (χ0v) is 10.4. The van der Waals surface area contributed by atoms with Gasteiger partial charge in [0.1, 0.15) is 11.9 Å². The van der Waals surface area contributed by atoms with Crippen molar-refractivity contribution < 1.29 is 4.74 Å². The highest BCUT2D eigenvalue weighted by Gasteiger charge is 2.06. The molecule has 0 heterocycles. The quantitative estimate of drug-likeness (QED) is 0.752. The summed E-state index contributed by atoms with van der Waals surface area (Å²) in [5, 5.41) is 3.27. The monoisotopic (exact) mass is 225 g/mol. The summed E-state index contributed by atoms with van der Waals surface area (Å²) in [4.78, 5) is 1.20. The van der Waals surface area contributed by atoms with Gasteiger partial charge in [-0.25, -0.2) is 0 Å². The van der Waals surface area contributed by atoms with Gasteiger partial charge in [0.2, 0.25) is 0 Å². The molecule has 1 aromatic rings. The number of hydrogen-bond donors (Lipinski definition) is 1. The van der Waals surface area contributed by atoms with Crippen molar-refractivity contribution in [3.05, 3.63) is 24.3 Å². The Morgan fingerprint density at radius 2 is 2.13 bits per heavy atom. The van der Waals surface area contributed by atoms with Crippen molar-refractivity contribution in [2.45, 2.75) is 24.8 Å². The van der Waals surface area contributed by atoms with E-state index in [-0.39, 0.29) is 6.10 Å². The number of rotatable bonds is 6. The van der Waals surface area contributed by atoms with Crippen molar-refractivity contribution in [2.24, 2.45) is 0 Å². The fourth-order valence-electron chi connectivity index (χ4n) is 1.32. The molecule has 1 atom stereocenters. The van der Waals surface area contributed by atoms with Gasteiger partial charge in [0.05, 0.1) is 0 Å². The molecule has 1 unspecified atom stereocenters. The Hall–Kier alpha value is -0.670. The lowest BCUT2D eigenvalue weighted by atomic mass is 10.3. The summed E-state index contributed by atoms with van der Waals surface area (Å²) < 4.78 is 5.86. The average Bonchev–Trinajstić information content (AvgIpc) is 2.27. The number of likely N-dealkylation sites (N-methyl/N-ethyl adjacent to an activating group) is 1.